The van der Waals surface area contributed by atoms with Crippen LogP contribution in [-0.4, -0.2) is 16.1 Å². The molecule has 0 aliphatic heterocycles. The van der Waals surface area contributed by atoms with Crippen LogP contribution in [0.2, 0.25) is 0 Å². The van der Waals surface area contributed by atoms with Crippen molar-refractivity contribution >= 4 is 33.8 Å². The SMILES string of the molecule is CC(C)NC(=S)Nc1nc2c(s1)CCCC2. The summed E-state index contributed by atoms with van der Waals surface area (Å²) in [5.41, 5.74) is 1.27. The van der Waals surface area contributed by atoms with Crippen molar-refractivity contribution in [3.05, 3.63) is 10.6 Å². The molecule has 1 aliphatic carbocycles. The molecule has 0 aromatic carbocycles. The number of fused-ring (bicyclic) bond motifs is 1. The van der Waals surface area contributed by atoms with Gasteiger partial charge in [-0.2, -0.15) is 0 Å². The number of aryl methyl sites for hydroxylation is 2. The van der Waals surface area contributed by atoms with E-state index < -0.39 is 0 Å². The molecule has 1 heterocycles. The van der Waals surface area contributed by atoms with E-state index in [2.05, 4.69) is 29.5 Å². The molecule has 0 bridgehead atoms. The van der Waals surface area contributed by atoms with Crippen molar-refractivity contribution in [3.8, 4) is 0 Å². The highest BCUT2D eigenvalue weighted by Gasteiger charge is 2.15. The molecule has 0 saturated carbocycles. The topological polar surface area (TPSA) is 37.0 Å². The Balaban J connectivity index is 1.99. The summed E-state index contributed by atoms with van der Waals surface area (Å²) in [7, 11) is 0. The van der Waals surface area contributed by atoms with Gasteiger partial charge in [-0.1, -0.05) is 0 Å². The normalized spacial score (nSPS) is 14.7. The minimum atomic E-state index is 0.356. The van der Waals surface area contributed by atoms with E-state index in [0.29, 0.717) is 11.2 Å². The van der Waals surface area contributed by atoms with Crippen LogP contribution in [0.5, 0.6) is 0 Å². The number of thiocarbonyl (C=S) groups is 1. The van der Waals surface area contributed by atoms with E-state index in [-0.39, 0.29) is 0 Å². The summed E-state index contributed by atoms with van der Waals surface area (Å²) in [6, 6.07) is 0.356. The monoisotopic (exact) mass is 255 g/mol. The zero-order valence-electron chi connectivity index (χ0n) is 9.67. The Kier molecular flexibility index (Phi) is 3.76. The van der Waals surface area contributed by atoms with Gasteiger partial charge in [-0.05, 0) is 51.7 Å². The lowest BCUT2D eigenvalue weighted by atomic mass is 10.0. The number of thiazole rings is 1. The van der Waals surface area contributed by atoms with E-state index in [4.69, 9.17) is 12.2 Å². The second kappa shape index (κ2) is 5.10. The molecule has 0 unspecified atom stereocenters. The van der Waals surface area contributed by atoms with Gasteiger partial charge in [0, 0.05) is 10.9 Å². The third-order valence-electron chi connectivity index (χ3n) is 2.49. The standard InChI is InChI=1S/C11H17N3S2/c1-7(2)12-10(15)14-11-13-8-5-3-4-6-9(8)16-11/h7H,3-6H2,1-2H3,(H2,12,13,14,15). The summed E-state index contributed by atoms with van der Waals surface area (Å²) in [6.07, 6.45) is 4.87. The Morgan fingerprint density at radius 1 is 1.38 bits per heavy atom. The molecule has 16 heavy (non-hydrogen) atoms. The summed E-state index contributed by atoms with van der Waals surface area (Å²) >= 11 is 6.94. The van der Waals surface area contributed by atoms with Crippen LogP contribution < -0.4 is 10.6 Å². The van der Waals surface area contributed by atoms with E-state index in [1.165, 1.54) is 29.8 Å². The van der Waals surface area contributed by atoms with Gasteiger partial charge in [0.05, 0.1) is 5.69 Å². The van der Waals surface area contributed by atoms with Gasteiger partial charge in [-0.25, -0.2) is 4.98 Å². The Bertz CT molecular complexity index is 361. The molecule has 0 fully saturated rings. The first-order chi connectivity index (χ1) is 7.65. The Labute approximate surface area is 106 Å². The molecule has 3 nitrogen and oxygen atoms in total. The summed E-state index contributed by atoms with van der Waals surface area (Å²) in [5, 5.41) is 7.92. The number of anilines is 1. The minimum absolute atomic E-state index is 0.356. The molecule has 0 spiro atoms. The molecule has 0 atom stereocenters. The molecule has 0 radical (unpaired) electrons. The van der Waals surface area contributed by atoms with Gasteiger partial charge in [0.15, 0.2) is 10.2 Å². The summed E-state index contributed by atoms with van der Waals surface area (Å²) in [4.78, 5) is 6.01. The largest absolute Gasteiger partial charge is 0.360 e. The van der Waals surface area contributed by atoms with Crippen LogP contribution in [0.1, 0.15) is 37.3 Å². The molecule has 0 saturated heterocycles. The van der Waals surface area contributed by atoms with Crippen LogP contribution in [0.25, 0.3) is 0 Å². The number of hydrogen-bond donors (Lipinski definition) is 2. The average Bonchev–Trinajstić information content (AvgIpc) is 2.57. The molecule has 5 heteroatoms. The van der Waals surface area contributed by atoms with E-state index in [1.807, 2.05) is 0 Å². The van der Waals surface area contributed by atoms with Crippen LogP contribution in [0, 0.1) is 0 Å². The highest BCUT2D eigenvalue weighted by Crippen LogP contribution is 2.29. The molecule has 0 amide bonds. The number of aromatic nitrogens is 1. The van der Waals surface area contributed by atoms with Crippen LogP contribution in [0.3, 0.4) is 0 Å². The van der Waals surface area contributed by atoms with E-state index in [0.717, 1.165) is 11.6 Å². The fourth-order valence-corrected chi connectivity index (χ4v) is 3.25. The quantitative estimate of drug-likeness (QED) is 0.797. The van der Waals surface area contributed by atoms with Crippen molar-refractivity contribution < 1.29 is 0 Å². The van der Waals surface area contributed by atoms with Crippen molar-refractivity contribution in [1.82, 2.24) is 10.3 Å². The third kappa shape index (κ3) is 2.92. The van der Waals surface area contributed by atoms with Gasteiger partial charge in [0.25, 0.3) is 0 Å². The van der Waals surface area contributed by atoms with Crippen LogP contribution in [0.4, 0.5) is 5.13 Å². The fraction of sp³-hybridized carbons (Fsp3) is 0.636. The summed E-state index contributed by atoms with van der Waals surface area (Å²) in [6.45, 7) is 4.14. The maximum Gasteiger partial charge on any atom is 0.189 e. The van der Waals surface area contributed by atoms with E-state index in [1.54, 1.807) is 11.3 Å². The molecular formula is C11H17N3S2. The van der Waals surface area contributed by atoms with Gasteiger partial charge in [0.2, 0.25) is 0 Å². The zero-order chi connectivity index (χ0) is 11.5. The van der Waals surface area contributed by atoms with Gasteiger partial charge in [0.1, 0.15) is 0 Å². The highest BCUT2D eigenvalue weighted by atomic mass is 32.1. The maximum atomic E-state index is 5.20. The van der Waals surface area contributed by atoms with Crippen LogP contribution in [-0.2, 0) is 12.8 Å². The van der Waals surface area contributed by atoms with Crippen molar-refractivity contribution in [3.63, 3.8) is 0 Å². The Morgan fingerprint density at radius 3 is 2.81 bits per heavy atom. The van der Waals surface area contributed by atoms with Crippen molar-refractivity contribution in [1.29, 1.82) is 0 Å². The van der Waals surface area contributed by atoms with Crippen LogP contribution in [0.15, 0.2) is 0 Å². The van der Waals surface area contributed by atoms with Gasteiger partial charge in [-0.3, -0.25) is 0 Å². The van der Waals surface area contributed by atoms with Gasteiger partial charge in [-0.15, -0.1) is 11.3 Å². The second-order valence-corrected chi connectivity index (χ2v) is 5.84. The fourth-order valence-electron chi connectivity index (χ4n) is 1.80. The molecule has 2 N–H and O–H groups in total. The highest BCUT2D eigenvalue weighted by molar-refractivity contribution is 7.80. The molecule has 1 aromatic heterocycles. The van der Waals surface area contributed by atoms with Gasteiger partial charge < -0.3 is 10.6 Å². The maximum absolute atomic E-state index is 5.20. The number of rotatable bonds is 2. The molecule has 1 aliphatic rings. The first-order valence-electron chi connectivity index (χ1n) is 5.71. The molecular weight excluding hydrogens is 238 g/mol. The predicted octanol–water partition coefficient (Wildman–Crippen LogP) is 2.72. The number of nitrogens with zero attached hydrogens (tertiary/aromatic N) is 1. The van der Waals surface area contributed by atoms with Crippen LogP contribution >= 0.6 is 23.6 Å². The number of hydrogen-bond acceptors (Lipinski definition) is 3. The third-order valence-corrected chi connectivity index (χ3v) is 3.78. The Hall–Kier alpha value is -0.680. The minimum Gasteiger partial charge on any atom is -0.360 e. The lowest BCUT2D eigenvalue weighted by Gasteiger charge is -2.10. The first kappa shape index (κ1) is 11.8. The lowest BCUT2D eigenvalue weighted by Crippen LogP contribution is -2.33. The molecule has 2 rings (SSSR count). The average molecular weight is 255 g/mol. The number of nitrogens with one attached hydrogen (secondary N) is 2. The molecule has 1 aromatic rings. The van der Waals surface area contributed by atoms with Crippen molar-refractivity contribution in [2.45, 2.75) is 45.6 Å². The summed E-state index contributed by atoms with van der Waals surface area (Å²) in [5.74, 6) is 0. The van der Waals surface area contributed by atoms with Crippen molar-refractivity contribution in [2.24, 2.45) is 0 Å². The van der Waals surface area contributed by atoms with E-state index >= 15 is 0 Å². The predicted molar refractivity (Wildman–Crippen MR) is 73.2 cm³/mol. The van der Waals surface area contributed by atoms with Gasteiger partial charge >= 0.3 is 0 Å². The lowest BCUT2D eigenvalue weighted by molar-refractivity contribution is 0.682. The molecule has 88 valence electrons. The van der Waals surface area contributed by atoms with E-state index in [9.17, 15) is 0 Å². The summed E-state index contributed by atoms with van der Waals surface area (Å²) < 4.78 is 0. The first-order valence-corrected chi connectivity index (χ1v) is 6.93. The van der Waals surface area contributed by atoms with Crippen molar-refractivity contribution in [2.75, 3.05) is 5.32 Å². The Morgan fingerprint density at radius 2 is 2.12 bits per heavy atom. The smallest absolute Gasteiger partial charge is 0.189 e. The second-order valence-electron chi connectivity index (χ2n) is 4.35. The zero-order valence-corrected chi connectivity index (χ0v) is 11.3.